The molecule has 0 bridgehead atoms. The zero-order chi connectivity index (χ0) is 23.0. The predicted molar refractivity (Wildman–Crippen MR) is 125 cm³/mol. The Labute approximate surface area is 193 Å². The molecule has 1 saturated heterocycles. The summed E-state index contributed by atoms with van der Waals surface area (Å²) in [6.45, 7) is 1.70. The fourth-order valence-electron chi connectivity index (χ4n) is 4.16. The summed E-state index contributed by atoms with van der Waals surface area (Å²) in [4.78, 5) is 28.8. The van der Waals surface area contributed by atoms with Gasteiger partial charge in [0.15, 0.2) is 6.61 Å². The van der Waals surface area contributed by atoms with Gasteiger partial charge in [0.05, 0.1) is 12.1 Å². The molecule has 0 aliphatic carbocycles. The maximum absolute atomic E-state index is 14.0. The minimum absolute atomic E-state index is 0.140. The van der Waals surface area contributed by atoms with Crippen LogP contribution in [0.4, 0.5) is 10.1 Å². The number of piperazine rings is 1. The number of rotatable bonds is 7. The summed E-state index contributed by atoms with van der Waals surface area (Å²) in [6, 6.07) is 26.3. The number of esters is 1. The van der Waals surface area contributed by atoms with Gasteiger partial charge in [-0.05, 0) is 23.3 Å². The van der Waals surface area contributed by atoms with E-state index in [1.54, 1.807) is 23.1 Å². The van der Waals surface area contributed by atoms with Crippen LogP contribution in [0.25, 0.3) is 0 Å². The number of anilines is 1. The number of para-hydroxylation sites is 1. The molecule has 3 aromatic rings. The average Bonchev–Trinajstić information content (AvgIpc) is 2.87. The number of amides is 1. The second kappa shape index (κ2) is 10.8. The molecule has 33 heavy (non-hydrogen) atoms. The van der Waals surface area contributed by atoms with Gasteiger partial charge in [0, 0.05) is 32.1 Å². The van der Waals surface area contributed by atoms with E-state index in [0.717, 1.165) is 11.1 Å². The first-order valence-electron chi connectivity index (χ1n) is 11.1. The van der Waals surface area contributed by atoms with Gasteiger partial charge in [-0.15, -0.1) is 0 Å². The third-order valence-corrected chi connectivity index (χ3v) is 5.96. The zero-order valence-corrected chi connectivity index (χ0v) is 18.4. The SMILES string of the molecule is O=C(CC(c1ccccc1)c1ccccc1)OCC(=O)N1CCN(c2ccccc2F)CC1. The number of hydrogen-bond acceptors (Lipinski definition) is 4. The number of carbonyl (C=O) groups excluding carboxylic acids is 2. The van der Waals surface area contributed by atoms with Crippen molar-refractivity contribution in [2.75, 3.05) is 37.7 Å². The van der Waals surface area contributed by atoms with Crippen LogP contribution in [0.15, 0.2) is 84.9 Å². The standard InChI is InChI=1S/C27H27FN2O3/c28-24-13-7-8-14-25(24)29-15-17-30(18-16-29)26(31)20-33-27(32)19-23(21-9-3-1-4-10-21)22-11-5-2-6-12-22/h1-14,23H,15-20H2. The molecule has 0 N–H and O–H groups in total. The van der Waals surface area contributed by atoms with Crippen LogP contribution >= 0.6 is 0 Å². The average molecular weight is 447 g/mol. The van der Waals surface area contributed by atoms with E-state index in [-0.39, 0.29) is 30.7 Å². The lowest BCUT2D eigenvalue weighted by Crippen LogP contribution is -2.50. The van der Waals surface area contributed by atoms with Crippen molar-refractivity contribution < 1.29 is 18.7 Å². The van der Waals surface area contributed by atoms with Crippen LogP contribution < -0.4 is 4.90 Å². The largest absolute Gasteiger partial charge is 0.456 e. The first kappa shape index (κ1) is 22.5. The van der Waals surface area contributed by atoms with Gasteiger partial charge in [0.1, 0.15) is 5.82 Å². The second-order valence-electron chi connectivity index (χ2n) is 8.06. The van der Waals surface area contributed by atoms with Crippen molar-refractivity contribution in [2.24, 2.45) is 0 Å². The molecule has 5 nitrogen and oxygen atoms in total. The minimum atomic E-state index is -0.411. The van der Waals surface area contributed by atoms with Crippen molar-refractivity contribution in [3.63, 3.8) is 0 Å². The number of hydrogen-bond donors (Lipinski definition) is 0. The third kappa shape index (κ3) is 5.77. The van der Waals surface area contributed by atoms with E-state index in [0.29, 0.717) is 31.9 Å². The molecule has 0 unspecified atom stereocenters. The molecule has 1 amide bonds. The molecule has 6 heteroatoms. The molecule has 0 saturated carbocycles. The number of carbonyl (C=O) groups is 2. The van der Waals surface area contributed by atoms with Crippen LogP contribution in [0, 0.1) is 5.82 Å². The smallest absolute Gasteiger partial charge is 0.307 e. The maximum atomic E-state index is 14.0. The van der Waals surface area contributed by atoms with E-state index in [9.17, 15) is 14.0 Å². The monoisotopic (exact) mass is 446 g/mol. The van der Waals surface area contributed by atoms with Crippen molar-refractivity contribution in [1.29, 1.82) is 0 Å². The van der Waals surface area contributed by atoms with Crippen LogP contribution in [0.3, 0.4) is 0 Å². The second-order valence-corrected chi connectivity index (χ2v) is 8.06. The van der Waals surface area contributed by atoms with Gasteiger partial charge in [-0.25, -0.2) is 4.39 Å². The van der Waals surface area contributed by atoms with Crippen molar-refractivity contribution in [3.05, 3.63) is 102 Å². The third-order valence-electron chi connectivity index (χ3n) is 5.96. The number of ether oxygens (including phenoxy) is 1. The Kier molecular flexibility index (Phi) is 7.35. The van der Waals surface area contributed by atoms with Crippen LogP contribution in [-0.2, 0) is 14.3 Å². The van der Waals surface area contributed by atoms with E-state index in [1.165, 1.54) is 6.07 Å². The molecule has 0 atom stereocenters. The van der Waals surface area contributed by atoms with Crippen molar-refractivity contribution in [1.82, 2.24) is 4.90 Å². The first-order chi connectivity index (χ1) is 16.1. The zero-order valence-electron chi connectivity index (χ0n) is 18.4. The van der Waals surface area contributed by atoms with Gasteiger partial charge in [-0.3, -0.25) is 9.59 Å². The molecule has 1 fully saturated rings. The lowest BCUT2D eigenvalue weighted by atomic mass is 9.89. The summed E-state index contributed by atoms with van der Waals surface area (Å²) in [5.41, 5.74) is 2.59. The van der Waals surface area contributed by atoms with Gasteiger partial charge < -0.3 is 14.5 Å². The number of nitrogens with zero attached hydrogens (tertiary/aromatic N) is 2. The molecule has 4 rings (SSSR count). The van der Waals surface area contributed by atoms with Crippen molar-refractivity contribution >= 4 is 17.6 Å². The quantitative estimate of drug-likeness (QED) is 0.510. The highest BCUT2D eigenvalue weighted by Gasteiger charge is 2.24. The Balaban J connectivity index is 1.30. The Morgan fingerprint density at radius 3 is 1.91 bits per heavy atom. The van der Waals surface area contributed by atoms with E-state index in [4.69, 9.17) is 4.74 Å². The maximum Gasteiger partial charge on any atom is 0.307 e. The van der Waals surface area contributed by atoms with Gasteiger partial charge in [0.2, 0.25) is 0 Å². The Bertz CT molecular complexity index is 1030. The molecule has 1 heterocycles. The normalized spacial score (nSPS) is 13.8. The van der Waals surface area contributed by atoms with Gasteiger partial charge in [-0.2, -0.15) is 0 Å². The van der Waals surface area contributed by atoms with E-state index in [1.807, 2.05) is 65.6 Å². The summed E-state index contributed by atoms with van der Waals surface area (Å²) >= 11 is 0. The summed E-state index contributed by atoms with van der Waals surface area (Å²) < 4.78 is 19.4. The summed E-state index contributed by atoms with van der Waals surface area (Å²) in [5, 5.41) is 0. The van der Waals surface area contributed by atoms with Gasteiger partial charge >= 0.3 is 5.97 Å². The van der Waals surface area contributed by atoms with Crippen molar-refractivity contribution in [3.8, 4) is 0 Å². The highest BCUT2D eigenvalue weighted by atomic mass is 19.1. The summed E-state index contributed by atoms with van der Waals surface area (Å²) in [7, 11) is 0. The van der Waals surface area contributed by atoms with Crippen LogP contribution in [0.2, 0.25) is 0 Å². The molecule has 1 aliphatic heterocycles. The van der Waals surface area contributed by atoms with Gasteiger partial charge in [0.25, 0.3) is 5.91 Å². The Hall–Kier alpha value is -3.67. The van der Waals surface area contributed by atoms with E-state index in [2.05, 4.69) is 0 Å². The lowest BCUT2D eigenvalue weighted by molar-refractivity contribution is -0.152. The first-order valence-corrected chi connectivity index (χ1v) is 11.1. The lowest BCUT2D eigenvalue weighted by Gasteiger charge is -2.36. The molecule has 0 aromatic heterocycles. The van der Waals surface area contributed by atoms with Crippen LogP contribution in [-0.4, -0.2) is 49.6 Å². The van der Waals surface area contributed by atoms with Crippen LogP contribution in [0.5, 0.6) is 0 Å². The number of benzene rings is 3. The molecular formula is C27H27FN2O3. The van der Waals surface area contributed by atoms with Gasteiger partial charge in [-0.1, -0.05) is 72.8 Å². The fourth-order valence-corrected chi connectivity index (χ4v) is 4.16. The molecule has 0 radical (unpaired) electrons. The van der Waals surface area contributed by atoms with Crippen LogP contribution in [0.1, 0.15) is 23.5 Å². The Morgan fingerprint density at radius 2 is 1.33 bits per heavy atom. The van der Waals surface area contributed by atoms with Crippen molar-refractivity contribution in [2.45, 2.75) is 12.3 Å². The Morgan fingerprint density at radius 1 is 0.788 bits per heavy atom. The summed E-state index contributed by atoms with van der Waals surface area (Å²) in [6.07, 6.45) is 0.155. The predicted octanol–water partition coefficient (Wildman–Crippen LogP) is 4.24. The molecule has 3 aromatic carbocycles. The molecule has 0 spiro atoms. The molecular weight excluding hydrogens is 419 g/mol. The van der Waals surface area contributed by atoms with E-state index >= 15 is 0 Å². The minimum Gasteiger partial charge on any atom is -0.456 e. The number of halogens is 1. The highest BCUT2D eigenvalue weighted by Crippen LogP contribution is 2.28. The molecule has 1 aliphatic rings. The molecule has 170 valence electrons. The fraction of sp³-hybridized carbons (Fsp3) is 0.259. The summed E-state index contributed by atoms with van der Waals surface area (Å²) in [5.74, 6) is -1.05. The van der Waals surface area contributed by atoms with E-state index < -0.39 is 5.97 Å². The topological polar surface area (TPSA) is 49.9 Å². The highest BCUT2D eigenvalue weighted by molar-refractivity contribution is 5.81.